The molecule has 30 heavy (non-hydrogen) atoms. The van der Waals surface area contributed by atoms with Crippen LogP contribution in [-0.4, -0.2) is 34.9 Å². The first kappa shape index (κ1) is 19.7. The highest BCUT2D eigenvalue weighted by molar-refractivity contribution is 5.77. The van der Waals surface area contributed by atoms with Gasteiger partial charge in [-0.1, -0.05) is 17.3 Å². The number of aliphatic hydroxyl groups is 1. The molecular weight excluding hydrogens is 401 g/mol. The number of benzene rings is 2. The first-order valence-corrected chi connectivity index (χ1v) is 8.85. The molecule has 0 radical (unpaired) electrons. The maximum absolute atomic E-state index is 14.6. The SMILES string of the molecule is C[C@@H](n1nnc2c(F)cccc2c1=O)[C@](O)(Cn1cncn1)c1ccc(F)cc1F. The third-order valence-corrected chi connectivity index (χ3v) is 4.99. The van der Waals surface area contributed by atoms with Gasteiger partial charge in [-0.2, -0.15) is 5.10 Å². The predicted molar refractivity (Wildman–Crippen MR) is 98.7 cm³/mol. The van der Waals surface area contributed by atoms with Crippen LogP contribution in [0.15, 0.2) is 53.8 Å². The average molecular weight is 416 g/mol. The molecule has 2 atom stereocenters. The minimum absolute atomic E-state index is 0.0560. The van der Waals surface area contributed by atoms with Crippen molar-refractivity contribution in [1.82, 2.24) is 29.8 Å². The Morgan fingerprint density at radius 3 is 2.67 bits per heavy atom. The summed E-state index contributed by atoms with van der Waals surface area (Å²) < 4.78 is 44.1. The van der Waals surface area contributed by atoms with Gasteiger partial charge >= 0.3 is 0 Å². The number of nitrogens with zero attached hydrogens (tertiary/aromatic N) is 6. The summed E-state index contributed by atoms with van der Waals surface area (Å²) in [6, 6.07) is 5.34. The van der Waals surface area contributed by atoms with Crippen molar-refractivity contribution in [3.63, 3.8) is 0 Å². The summed E-state index contributed by atoms with van der Waals surface area (Å²) in [5.41, 5.74) is -3.34. The molecular formula is C19H15F3N6O2. The molecule has 2 aromatic heterocycles. The normalized spacial score (nSPS) is 14.6. The molecule has 8 nitrogen and oxygen atoms in total. The number of fused-ring (bicyclic) bond motifs is 1. The lowest BCUT2D eigenvalue weighted by atomic mass is 9.86. The fourth-order valence-electron chi connectivity index (χ4n) is 3.35. The molecule has 0 spiro atoms. The smallest absolute Gasteiger partial charge is 0.278 e. The van der Waals surface area contributed by atoms with E-state index < -0.39 is 34.7 Å². The van der Waals surface area contributed by atoms with Crippen LogP contribution in [0.3, 0.4) is 0 Å². The van der Waals surface area contributed by atoms with E-state index in [1.165, 1.54) is 36.4 Å². The summed E-state index contributed by atoms with van der Waals surface area (Å²) in [6.07, 6.45) is 2.51. The summed E-state index contributed by atoms with van der Waals surface area (Å²) in [6.45, 7) is 1.09. The molecule has 2 heterocycles. The van der Waals surface area contributed by atoms with Crippen LogP contribution < -0.4 is 5.56 Å². The van der Waals surface area contributed by atoms with Crippen molar-refractivity contribution >= 4 is 10.9 Å². The van der Waals surface area contributed by atoms with Gasteiger partial charge in [-0.15, -0.1) is 5.10 Å². The minimum atomic E-state index is -2.11. The van der Waals surface area contributed by atoms with Crippen LogP contribution in [0, 0.1) is 17.5 Å². The highest BCUT2D eigenvalue weighted by Gasteiger charge is 2.41. The van der Waals surface area contributed by atoms with Crippen molar-refractivity contribution in [2.45, 2.75) is 25.1 Å². The summed E-state index contributed by atoms with van der Waals surface area (Å²) in [4.78, 5) is 16.7. The van der Waals surface area contributed by atoms with Gasteiger partial charge in [0.1, 0.15) is 35.4 Å². The molecule has 0 fully saturated rings. The average Bonchev–Trinajstić information content (AvgIpc) is 3.21. The van der Waals surface area contributed by atoms with Gasteiger partial charge in [0.25, 0.3) is 5.56 Å². The molecule has 0 aliphatic carbocycles. The Kier molecular flexibility index (Phi) is 4.82. The van der Waals surface area contributed by atoms with E-state index in [0.717, 1.165) is 22.9 Å². The Morgan fingerprint density at radius 1 is 1.17 bits per heavy atom. The van der Waals surface area contributed by atoms with Gasteiger partial charge < -0.3 is 5.11 Å². The Bertz CT molecular complexity index is 1280. The Hall–Kier alpha value is -3.60. The lowest BCUT2D eigenvalue weighted by Gasteiger charge is -2.34. The van der Waals surface area contributed by atoms with Crippen molar-refractivity contribution in [3.05, 3.63) is 82.4 Å². The third kappa shape index (κ3) is 3.22. The monoisotopic (exact) mass is 416 g/mol. The van der Waals surface area contributed by atoms with Crippen molar-refractivity contribution in [2.24, 2.45) is 0 Å². The molecule has 1 N–H and O–H groups in total. The molecule has 2 aromatic carbocycles. The molecule has 0 saturated carbocycles. The zero-order valence-electron chi connectivity index (χ0n) is 15.6. The maximum Gasteiger partial charge on any atom is 0.278 e. The molecule has 0 saturated heterocycles. The van der Waals surface area contributed by atoms with E-state index in [4.69, 9.17) is 0 Å². The Balaban J connectivity index is 1.90. The van der Waals surface area contributed by atoms with Crippen LogP contribution in [0.1, 0.15) is 18.5 Å². The Morgan fingerprint density at radius 2 is 1.97 bits per heavy atom. The molecule has 11 heteroatoms. The number of rotatable bonds is 5. The van der Waals surface area contributed by atoms with E-state index >= 15 is 0 Å². The summed E-state index contributed by atoms with van der Waals surface area (Å²) in [5.74, 6) is -2.57. The predicted octanol–water partition coefficient (Wildman–Crippen LogP) is 1.95. The van der Waals surface area contributed by atoms with Crippen LogP contribution in [0.5, 0.6) is 0 Å². The molecule has 4 aromatic rings. The van der Waals surface area contributed by atoms with E-state index in [0.29, 0.717) is 6.07 Å². The molecule has 4 rings (SSSR count). The van der Waals surface area contributed by atoms with Gasteiger partial charge in [0.15, 0.2) is 5.82 Å². The Labute approximate surface area is 167 Å². The van der Waals surface area contributed by atoms with E-state index in [1.807, 2.05) is 0 Å². The highest BCUT2D eigenvalue weighted by Crippen LogP contribution is 2.35. The summed E-state index contributed by atoms with van der Waals surface area (Å²) in [7, 11) is 0. The molecule has 0 bridgehead atoms. The van der Waals surface area contributed by atoms with Gasteiger partial charge in [-0.05, 0) is 25.1 Å². The van der Waals surface area contributed by atoms with Crippen LogP contribution in [0.4, 0.5) is 13.2 Å². The maximum atomic E-state index is 14.6. The second kappa shape index (κ2) is 7.34. The van der Waals surface area contributed by atoms with Crippen LogP contribution in [-0.2, 0) is 12.1 Å². The van der Waals surface area contributed by atoms with E-state index in [9.17, 15) is 23.1 Å². The lowest BCUT2D eigenvalue weighted by Crippen LogP contribution is -2.44. The van der Waals surface area contributed by atoms with Crippen LogP contribution >= 0.6 is 0 Å². The van der Waals surface area contributed by atoms with Crippen molar-refractivity contribution in [1.29, 1.82) is 0 Å². The van der Waals surface area contributed by atoms with Gasteiger partial charge in [0.05, 0.1) is 18.0 Å². The molecule has 154 valence electrons. The zero-order chi connectivity index (χ0) is 21.5. The zero-order valence-corrected chi connectivity index (χ0v) is 15.6. The van der Waals surface area contributed by atoms with E-state index in [2.05, 4.69) is 20.4 Å². The first-order valence-electron chi connectivity index (χ1n) is 8.85. The lowest BCUT2D eigenvalue weighted by molar-refractivity contribution is -0.0390. The fourth-order valence-corrected chi connectivity index (χ4v) is 3.35. The second-order valence-corrected chi connectivity index (χ2v) is 6.79. The van der Waals surface area contributed by atoms with E-state index in [-0.39, 0.29) is 23.0 Å². The second-order valence-electron chi connectivity index (χ2n) is 6.79. The van der Waals surface area contributed by atoms with Crippen molar-refractivity contribution in [2.75, 3.05) is 0 Å². The quantitative estimate of drug-likeness (QED) is 0.534. The van der Waals surface area contributed by atoms with Gasteiger partial charge in [-0.25, -0.2) is 27.5 Å². The van der Waals surface area contributed by atoms with Crippen molar-refractivity contribution < 1.29 is 18.3 Å². The van der Waals surface area contributed by atoms with Gasteiger partial charge in [-0.3, -0.25) is 4.79 Å². The summed E-state index contributed by atoms with van der Waals surface area (Å²) in [5, 5.41) is 22.9. The topological polar surface area (TPSA) is 98.7 Å². The number of aromatic nitrogens is 6. The number of hydrogen-bond acceptors (Lipinski definition) is 6. The summed E-state index contributed by atoms with van der Waals surface area (Å²) >= 11 is 0. The largest absolute Gasteiger partial charge is 0.381 e. The standard InChI is InChI=1S/C19H15F3N6O2/c1-11(28-18(29)13-3-2-4-15(21)17(13)25-26-28)19(30,8-27-10-23-9-24-27)14-6-5-12(20)7-16(14)22/h2-7,9-11,30H,8H2,1H3/t11-,19-/m1/s1. The first-order chi connectivity index (χ1) is 14.3. The molecule has 0 unspecified atom stereocenters. The van der Waals surface area contributed by atoms with E-state index in [1.54, 1.807) is 0 Å². The van der Waals surface area contributed by atoms with Crippen LogP contribution in [0.2, 0.25) is 0 Å². The minimum Gasteiger partial charge on any atom is -0.381 e. The van der Waals surface area contributed by atoms with Gasteiger partial charge in [0.2, 0.25) is 0 Å². The fraction of sp³-hybridized carbons (Fsp3) is 0.211. The number of halogens is 3. The highest BCUT2D eigenvalue weighted by atomic mass is 19.1. The number of hydrogen-bond donors (Lipinski definition) is 1. The molecule has 0 aliphatic rings. The molecule has 0 amide bonds. The van der Waals surface area contributed by atoms with Gasteiger partial charge in [0, 0.05) is 11.6 Å². The molecule has 0 aliphatic heterocycles. The van der Waals surface area contributed by atoms with Crippen molar-refractivity contribution in [3.8, 4) is 0 Å². The van der Waals surface area contributed by atoms with Crippen LogP contribution in [0.25, 0.3) is 10.9 Å². The third-order valence-electron chi connectivity index (χ3n) is 4.99.